The summed E-state index contributed by atoms with van der Waals surface area (Å²) in [6, 6.07) is 1.09. The number of rotatable bonds is 8. The van der Waals surface area contributed by atoms with Gasteiger partial charge < -0.3 is 10.1 Å². The molecule has 0 aromatic heterocycles. The molecule has 0 aliphatic carbocycles. The molecule has 0 saturated heterocycles. The third-order valence-corrected chi connectivity index (χ3v) is 2.89. The molecular weight excluding hydrogens is 176 g/mol. The lowest BCUT2D eigenvalue weighted by atomic mass is 10.1. The molecule has 0 spiro atoms. The van der Waals surface area contributed by atoms with Crippen molar-refractivity contribution in [3.63, 3.8) is 0 Å². The van der Waals surface area contributed by atoms with Crippen LogP contribution in [0.15, 0.2) is 0 Å². The number of nitrogens with one attached hydrogen (secondary N) is 1. The van der Waals surface area contributed by atoms with Gasteiger partial charge in [-0.2, -0.15) is 0 Å². The Kier molecular flexibility index (Phi) is 8.14. The van der Waals surface area contributed by atoms with Crippen LogP contribution in [0.5, 0.6) is 0 Å². The van der Waals surface area contributed by atoms with E-state index in [0.29, 0.717) is 12.1 Å². The maximum absolute atomic E-state index is 5.37. The van der Waals surface area contributed by atoms with Gasteiger partial charge in [0.1, 0.15) is 0 Å². The fourth-order valence-corrected chi connectivity index (χ4v) is 1.53. The van der Waals surface area contributed by atoms with Gasteiger partial charge in [-0.25, -0.2) is 0 Å². The summed E-state index contributed by atoms with van der Waals surface area (Å²) in [4.78, 5) is 2.44. The van der Waals surface area contributed by atoms with Crippen molar-refractivity contribution in [2.45, 2.75) is 39.8 Å². The zero-order valence-corrected chi connectivity index (χ0v) is 10.3. The lowest BCUT2D eigenvalue weighted by Crippen LogP contribution is -2.46. The predicted molar refractivity (Wildman–Crippen MR) is 61.7 cm³/mol. The molecule has 0 aliphatic heterocycles. The summed E-state index contributed by atoms with van der Waals surface area (Å²) < 4.78 is 5.37. The summed E-state index contributed by atoms with van der Waals surface area (Å²) in [5.41, 5.74) is 0. The van der Waals surface area contributed by atoms with Gasteiger partial charge >= 0.3 is 0 Å². The van der Waals surface area contributed by atoms with Gasteiger partial charge in [0.15, 0.2) is 0 Å². The molecule has 3 heteroatoms. The molecule has 0 fully saturated rings. The van der Waals surface area contributed by atoms with Crippen LogP contribution in [0.3, 0.4) is 0 Å². The van der Waals surface area contributed by atoms with Crippen molar-refractivity contribution in [2.24, 2.45) is 0 Å². The Morgan fingerprint density at radius 2 is 1.93 bits per heavy atom. The summed E-state index contributed by atoms with van der Waals surface area (Å²) in [5, 5.41) is 3.29. The second-order valence-corrected chi connectivity index (χ2v) is 3.64. The lowest BCUT2D eigenvalue weighted by Gasteiger charge is -2.31. The number of nitrogens with zero attached hydrogens (tertiary/aromatic N) is 1. The number of hydrogen-bond donors (Lipinski definition) is 1. The Balaban J connectivity index is 3.85. The van der Waals surface area contributed by atoms with Crippen LogP contribution in [0.4, 0.5) is 0 Å². The van der Waals surface area contributed by atoms with Crippen molar-refractivity contribution in [3.05, 3.63) is 0 Å². The van der Waals surface area contributed by atoms with E-state index >= 15 is 0 Å². The molecule has 86 valence electrons. The van der Waals surface area contributed by atoms with E-state index in [1.54, 1.807) is 0 Å². The van der Waals surface area contributed by atoms with Gasteiger partial charge in [-0.1, -0.05) is 6.92 Å². The van der Waals surface area contributed by atoms with Crippen molar-refractivity contribution < 1.29 is 4.74 Å². The first-order chi connectivity index (χ1) is 6.67. The molecule has 2 unspecified atom stereocenters. The molecule has 0 heterocycles. The highest BCUT2D eigenvalue weighted by atomic mass is 16.5. The fourth-order valence-electron chi connectivity index (χ4n) is 1.53. The smallest absolute Gasteiger partial charge is 0.0593 e. The minimum atomic E-state index is 0.525. The lowest BCUT2D eigenvalue weighted by molar-refractivity contribution is 0.0927. The van der Waals surface area contributed by atoms with E-state index in [-0.39, 0.29) is 0 Å². The molecule has 0 bridgehead atoms. The first-order valence-corrected chi connectivity index (χ1v) is 5.66. The summed E-state index contributed by atoms with van der Waals surface area (Å²) in [6.45, 7) is 12.5. The van der Waals surface area contributed by atoms with Crippen molar-refractivity contribution in [1.29, 1.82) is 0 Å². The van der Waals surface area contributed by atoms with Crippen LogP contribution in [0.25, 0.3) is 0 Å². The average molecular weight is 202 g/mol. The molecule has 2 atom stereocenters. The highest BCUT2D eigenvalue weighted by molar-refractivity contribution is 4.75. The minimum absolute atomic E-state index is 0.525. The molecule has 14 heavy (non-hydrogen) atoms. The van der Waals surface area contributed by atoms with E-state index in [1.807, 2.05) is 14.0 Å². The van der Waals surface area contributed by atoms with Crippen LogP contribution in [0.1, 0.15) is 27.7 Å². The molecule has 0 saturated carbocycles. The van der Waals surface area contributed by atoms with Crippen LogP contribution in [-0.4, -0.2) is 50.3 Å². The van der Waals surface area contributed by atoms with Gasteiger partial charge in [-0.05, 0) is 34.4 Å². The Morgan fingerprint density at radius 3 is 2.36 bits per heavy atom. The number of ether oxygens (including phenoxy) is 1. The summed E-state index contributed by atoms with van der Waals surface area (Å²) >= 11 is 0. The highest BCUT2D eigenvalue weighted by Crippen LogP contribution is 2.03. The molecule has 0 aliphatic rings. The Labute approximate surface area is 88.8 Å². The van der Waals surface area contributed by atoms with Gasteiger partial charge in [0.2, 0.25) is 0 Å². The number of hydrogen-bond acceptors (Lipinski definition) is 3. The standard InChI is InChI=1S/C11H26N2O/c1-6-13(8-9-14-7-2)11(4)10(3)12-5/h10-12H,6-9H2,1-5H3. The first-order valence-electron chi connectivity index (χ1n) is 5.66. The monoisotopic (exact) mass is 202 g/mol. The quantitative estimate of drug-likeness (QED) is 0.601. The molecule has 0 aromatic carbocycles. The largest absolute Gasteiger partial charge is 0.380 e. The second kappa shape index (κ2) is 8.21. The van der Waals surface area contributed by atoms with Crippen LogP contribution in [-0.2, 0) is 4.74 Å². The molecule has 0 radical (unpaired) electrons. The second-order valence-electron chi connectivity index (χ2n) is 3.64. The Morgan fingerprint density at radius 1 is 1.29 bits per heavy atom. The van der Waals surface area contributed by atoms with Crippen molar-refractivity contribution in [1.82, 2.24) is 10.2 Å². The predicted octanol–water partition coefficient (Wildman–Crippen LogP) is 1.34. The van der Waals surface area contributed by atoms with Crippen molar-refractivity contribution >= 4 is 0 Å². The molecule has 3 nitrogen and oxygen atoms in total. The van der Waals surface area contributed by atoms with Gasteiger partial charge in [-0.3, -0.25) is 4.90 Å². The van der Waals surface area contributed by atoms with E-state index in [4.69, 9.17) is 4.74 Å². The first kappa shape index (κ1) is 13.9. The molecule has 1 N–H and O–H groups in total. The topological polar surface area (TPSA) is 24.5 Å². The summed E-state index contributed by atoms with van der Waals surface area (Å²) in [6.07, 6.45) is 0. The van der Waals surface area contributed by atoms with Crippen molar-refractivity contribution in [2.75, 3.05) is 33.4 Å². The minimum Gasteiger partial charge on any atom is -0.380 e. The Bertz CT molecular complexity index is 130. The van der Waals surface area contributed by atoms with Crippen LogP contribution in [0.2, 0.25) is 0 Å². The molecule has 0 amide bonds. The molecule has 0 aromatic rings. The SMILES string of the molecule is CCOCCN(CC)C(C)C(C)NC. The highest BCUT2D eigenvalue weighted by Gasteiger charge is 2.16. The maximum atomic E-state index is 5.37. The fraction of sp³-hybridized carbons (Fsp3) is 1.00. The van der Waals surface area contributed by atoms with Gasteiger partial charge in [-0.15, -0.1) is 0 Å². The van der Waals surface area contributed by atoms with Crippen LogP contribution < -0.4 is 5.32 Å². The summed E-state index contributed by atoms with van der Waals surface area (Å²) in [5.74, 6) is 0. The molecule has 0 rings (SSSR count). The Hall–Kier alpha value is -0.120. The third kappa shape index (κ3) is 4.94. The average Bonchev–Trinajstić information content (AvgIpc) is 2.22. The molecular formula is C11H26N2O. The van der Waals surface area contributed by atoms with Crippen LogP contribution in [0, 0.1) is 0 Å². The maximum Gasteiger partial charge on any atom is 0.0593 e. The van der Waals surface area contributed by atoms with Gasteiger partial charge in [0.25, 0.3) is 0 Å². The number of likely N-dealkylation sites (N-methyl/N-ethyl adjacent to an activating group) is 2. The normalized spacial score (nSPS) is 15.9. The zero-order chi connectivity index (χ0) is 11.0. The third-order valence-electron chi connectivity index (χ3n) is 2.89. The zero-order valence-electron chi connectivity index (χ0n) is 10.3. The van der Waals surface area contributed by atoms with E-state index in [2.05, 4.69) is 31.0 Å². The van der Waals surface area contributed by atoms with E-state index < -0.39 is 0 Å². The van der Waals surface area contributed by atoms with Gasteiger partial charge in [0, 0.05) is 25.2 Å². The van der Waals surface area contributed by atoms with E-state index in [0.717, 1.165) is 26.3 Å². The summed E-state index contributed by atoms with van der Waals surface area (Å²) in [7, 11) is 2.01. The van der Waals surface area contributed by atoms with Gasteiger partial charge in [0.05, 0.1) is 6.61 Å². The van der Waals surface area contributed by atoms with E-state index in [1.165, 1.54) is 0 Å². The van der Waals surface area contributed by atoms with Crippen molar-refractivity contribution in [3.8, 4) is 0 Å². The van der Waals surface area contributed by atoms with E-state index in [9.17, 15) is 0 Å². The van der Waals surface area contributed by atoms with Crippen LogP contribution >= 0.6 is 0 Å².